The molecule has 0 amide bonds. The van der Waals surface area contributed by atoms with Crippen molar-refractivity contribution in [3.8, 4) is 0 Å². The van der Waals surface area contributed by atoms with Crippen molar-refractivity contribution in [1.29, 1.82) is 0 Å². The Balaban J connectivity index is 2.02. The van der Waals surface area contributed by atoms with Crippen LogP contribution in [0.4, 0.5) is 11.4 Å². The maximum Gasteiger partial charge on any atom is 0.151 e. The van der Waals surface area contributed by atoms with Crippen LogP contribution in [0.1, 0.15) is 5.82 Å². The van der Waals surface area contributed by atoms with Gasteiger partial charge in [-0.2, -0.15) is 0 Å². The van der Waals surface area contributed by atoms with Gasteiger partial charge in [-0.3, -0.25) is 4.98 Å². The van der Waals surface area contributed by atoms with Crippen molar-refractivity contribution >= 4 is 11.4 Å². The molecule has 0 bridgehead atoms. The van der Waals surface area contributed by atoms with E-state index in [1.807, 2.05) is 24.7 Å². The van der Waals surface area contributed by atoms with Crippen LogP contribution in [-0.2, 0) is 13.6 Å². The van der Waals surface area contributed by atoms with E-state index in [0.29, 0.717) is 6.54 Å². The maximum absolute atomic E-state index is 4.11. The smallest absolute Gasteiger partial charge is 0.151 e. The molecule has 0 fully saturated rings. The minimum atomic E-state index is 0.630. The Labute approximate surface area is 93.7 Å². The second-order valence-electron chi connectivity index (χ2n) is 3.42. The standard InChI is InChI=1S/C10H14N6/c1-11-8-3-9(5-12-4-8)13-6-10-15-14-7-16(10)2/h3-5,7,11,13H,6H2,1-2H3. The van der Waals surface area contributed by atoms with Gasteiger partial charge in [-0.05, 0) is 6.07 Å². The lowest BCUT2D eigenvalue weighted by Gasteiger charge is -2.06. The number of hydrogen-bond donors (Lipinski definition) is 2. The van der Waals surface area contributed by atoms with Crippen LogP contribution >= 0.6 is 0 Å². The molecule has 16 heavy (non-hydrogen) atoms. The summed E-state index contributed by atoms with van der Waals surface area (Å²) in [6.45, 7) is 0.630. The molecule has 6 nitrogen and oxygen atoms in total. The molecule has 0 atom stereocenters. The van der Waals surface area contributed by atoms with Crippen LogP contribution in [0.3, 0.4) is 0 Å². The van der Waals surface area contributed by atoms with Crippen LogP contribution in [0.25, 0.3) is 0 Å². The van der Waals surface area contributed by atoms with Crippen molar-refractivity contribution in [2.24, 2.45) is 7.05 Å². The SMILES string of the molecule is CNc1cncc(NCc2nncn2C)c1. The molecular formula is C10H14N6. The van der Waals surface area contributed by atoms with Crippen molar-refractivity contribution in [1.82, 2.24) is 19.7 Å². The van der Waals surface area contributed by atoms with Crippen LogP contribution in [0.15, 0.2) is 24.8 Å². The Morgan fingerprint density at radius 1 is 1.31 bits per heavy atom. The quantitative estimate of drug-likeness (QED) is 0.796. The van der Waals surface area contributed by atoms with E-state index in [2.05, 4.69) is 25.8 Å². The molecule has 0 unspecified atom stereocenters. The summed E-state index contributed by atoms with van der Waals surface area (Å²) < 4.78 is 1.88. The Morgan fingerprint density at radius 2 is 2.12 bits per heavy atom. The van der Waals surface area contributed by atoms with Gasteiger partial charge in [-0.1, -0.05) is 0 Å². The third-order valence-corrected chi connectivity index (χ3v) is 2.28. The highest BCUT2D eigenvalue weighted by Crippen LogP contribution is 2.12. The molecule has 2 rings (SSSR count). The second-order valence-corrected chi connectivity index (χ2v) is 3.42. The van der Waals surface area contributed by atoms with E-state index in [9.17, 15) is 0 Å². The molecule has 2 heterocycles. The van der Waals surface area contributed by atoms with Gasteiger partial charge in [0.15, 0.2) is 5.82 Å². The zero-order chi connectivity index (χ0) is 11.4. The van der Waals surface area contributed by atoms with Crippen LogP contribution in [0, 0.1) is 0 Å². The first-order chi connectivity index (χ1) is 7.79. The molecule has 0 radical (unpaired) electrons. The number of aryl methyl sites for hydroxylation is 1. The molecule has 0 aromatic carbocycles. The Morgan fingerprint density at radius 3 is 2.81 bits per heavy atom. The minimum absolute atomic E-state index is 0.630. The first-order valence-corrected chi connectivity index (χ1v) is 4.99. The van der Waals surface area contributed by atoms with Crippen molar-refractivity contribution in [3.63, 3.8) is 0 Å². The van der Waals surface area contributed by atoms with E-state index in [1.54, 1.807) is 18.7 Å². The number of nitrogens with one attached hydrogen (secondary N) is 2. The summed E-state index contributed by atoms with van der Waals surface area (Å²) in [7, 11) is 3.78. The fraction of sp³-hybridized carbons (Fsp3) is 0.300. The van der Waals surface area contributed by atoms with Gasteiger partial charge < -0.3 is 15.2 Å². The lowest BCUT2D eigenvalue weighted by Crippen LogP contribution is -2.06. The average molecular weight is 218 g/mol. The van der Waals surface area contributed by atoms with E-state index >= 15 is 0 Å². The highest BCUT2D eigenvalue weighted by Gasteiger charge is 2.00. The van der Waals surface area contributed by atoms with E-state index in [0.717, 1.165) is 17.2 Å². The molecule has 0 aliphatic carbocycles. The fourth-order valence-corrected chi connectivity index (χ4v) is 1.32. The second kappa shape index (κ2) is 4.61. The first kappa shape index (κ1) is 10.4. The zero-order valence-corrected chi connectivity index (χ0v) is 9.31. The monoisotopic (exact) mass is 218 g/mol. The summed E-state index contributed by atoms with van der Waals surface area (Å²) >= 11 is 0. The van der Waals surface area contributed by atoms with E-state index < -0.39 is 0 Å². The van der Waals surface area contributed by atoms with E-state index in [-0.39, 0.29) is 0 Å². The number of hydrogen-bond acceptors (Lipinski definition) is 5. The number of aromatic nitrogens is 4. The molecule has 0 aliphatic heterocycles. The summed E-state index contributed by atoms with van der Waals surface area (Å²) in [4.78, 5) is 4.11. The van der Waals surface area contributed by atoms with Gasteiger partial charge in [0.2, 0.25) is 0 Å². The maximum atomic E-state index is 4.11. The molecular weight excluding hydrogens is 204 g/mol. The van der Waals surface area contributed by atoms with Gasteiger partial charge in [-0.15, -0.1) is 10.2 Å². The molecule has 0 saturated carbocycles. The van der Waals surface area contributed by atoms with Crippen molar-refractivity contribution in [2.75, 3.05) is 17.7 Å². The predicted molar refractivity (Wildman–Crippen MR) is 62.1 cm³/mol. The minimum Gasteiger partial charge on any atom is -0.387 e. The fourth-order valence-electron chi connectivity index (χ4n) is 1.32. The van der Waals surface area contributed by atoms with Gasteiger partial charge in [0.25, 0.3) is 0 Å². The largest absolute Gasteiger partial charge is 0.387 e. The zero-order valence-electron chi connectivity index (χ0n) is 9.31. The number of anilines is 2. The average Bonchev–Trinajstić information content (AvgIpc) is 2.72. The molecule has 0 spiro atoms. The van der Waals surface area contributed by atoms with Crippen molar-refractivity contribution in [3.05, 3.63) is 30.6 Å². The predicted octanol–water partition coefficient (Wildman–Crippen LogP) is 0.864. The molecule has 6 heteroatoms. The topological polar surface area (TPSA) is 67.7 Å². The van der Waals surface area contributed by atoms with E-state index in [4.69, 9.17) is 0 Å². The Bertz CT molecular complexity index is 464. The van der Waals surface area contributed by atoms with E-state index in [1.165, 1.54) is 0 Å². The van der Waals surface area contributed by atoms with Gasteiger partial charge in [0, 0.05) is 14.1 Å². The third-order valence-electron chi connectivity index (χ3n) is 2.28. The summed E-state index contributed by atoms with van der Waals surface area (Å²) in [6.07, 6.45) is 5.23. The Hall–Kier alpha value is -2.11. The van der Waals surface area contributed by atoms with Crippen LogP contribution in [-0.4, -0.2) is 26.8 Å². The third kappa shape index (κ3) is 2.28. The summed E-state index contributed by atoms with van der Waals surface area (Å²) in [6, 6.07) is 1.99. The number of rotatable bonds is 4. The van der Waals surface area contributed by atoms with Crippen molar-refractivity contribution < 1.29 is 0 Å². The number of nitrogens with zero attached hydrogens (tertiary/aromatic N) is 4. The molecule has 2 N–H and O–H groups in total. The summed E-state index contributed by atoms with van der Waals surface area (Å²) in [5.74, 6) is 0.884. The highest BCUT2D eigenvalue weighted by atomic mass is 15.3. The van der Waals surface area contributed by atoms with Gasteiger partial charge in [0.05, 0.1) is 30.3 Å². The highest BCUT2D eigenvalue weighted by molar-refractivity contribution is 5.53. The summed E-state index contributed by atoms with van der Waals surface area (Å²) in [5.41, 5.74) is 1.93. The van der Waals surface area contributed by atoms with Crippen LogP contribution < -0.4 is 10.6 Å². The van der Waals surface area contributed by atoms with Gasteiger partial charge in [0.1, 0.15) is 6.33 Å². The molecule has 2 aromatic rings. The lowest BCUT2D eigenvalue weighted by molar-refractivity contribution is 0.812. The van der Waals surface area contributed by atoms with Crippen molar-refractivity contribution in [2.45, 2.75) is 6.54 Å². The molecule has 0 saturated heterocycles. The lowest BCUT2D eigenvalue weighted by atomic mass is 10.3. The van der Waals surface area contributed by atoms with Crippen LogP contribution in [0.5, 0.6) is 0 Å². The Kier molecular flexibility index (Phi) is 3.00. The van der Waals surface area contributed by atoms with Gasteiger partial charge >= 0.3 is 0 Å². The number of pyridine rings is 1. The summed E-state index contributed by atoms with van der Waals surface area (Å²) in [5, 5.41) is 14.1. The molecule has 0 aliphatic rings. The van der Waals surface area contributed by atoms with Crippen LogP contribution in [0.2, 0.25) is 0 Å². The normalized spacial score (nSPS) is 10.1. The first-order valence-electron chi connectivity index (χ1n) is 4.99. The molecule has 84 valence electrons. The van der Waals surface area contributed by atoms with Gasteiger partial charge in [-0.25, -0.2) is 0 Å². The molecule has 2 aromatic heterocycles.